The van der Waals surface area contributed by atoms with Crippen molar-refractivity contribution >= 4 is 11.4 Å². The lowest BCUT2D eigenvalue weighted by molar-refractivity contribution is 0.767. The fourth-order valence-corrected chi connectivity index (χ4v) is 3.84. The van der Waals surface area contributed by atoms with Crippen LogP contribution in [0.4, 0.5) is 11.4 Å². The van der Waals surface area contributed by atoms with Crippen LogP contribution < -0.4 is 9.80 Å². The van der Waals surface area contributed by atoms with E-state index in [-0.39, 0.29) is 0 Å². The molecule has 0 radical (unpaired) electrons. The third-order valence-electron chi connectivity index (χ3n) is 5.63. The van der Waals surface area contributed by atoms with Gasteiger partial charge in [-0.3, -0.25) is 0 Å². The second-order valence-corrected chi connectivity index (χ2v) is 8.10. The van der Waals surface area contributed by atoms with Crippen molar-refractivity contribution in [3.05, 3.63) is 133 Å². The number of anilines is 2. The number of hydrogen-bond donors (Lipinski definition) is 2. The normalized spacial score (nSPS) is 10.3. The molecule has 178 valence electrons. The molecule has 6 nitrogen and oxygen atoms in total. The van der Waals surface area contributed by atoms with E-state index in [1.54, 1.807) is 12.4 Å². The maximum atomic E-state index is 4.33. The van der Waals surface area contributed by atoms with E-state index in [4.69, 9.17) is 0 Å². The summed E-state index contributed by atoms with van der Waals surface area (Å²) < 4.78 is 0. The fourth-order valence-electron chi connectivity index (χ4n) is 3.84. The van der Waals surface area contributed by atoms with Gasteiger partial charge < -0.3 is 19.8 Å². The van der Waals surface area contributed by atoms with Gasteiger partial charge in [-0.1, -0.05) is 66.7 Å². The van der Waals surface area contributed by atoms with E-state index in [9.17, 15) is 0 Å². The highest BCUT2D eigenvalue weighted by Crippen LogP contribution is 2.19. The maximum absolute atomic E-state index is 4.33. The van der Waals surface area contributed by atoms with Crippen molar-refractivity contribution in [1.29, 1.82) is 0 Å². The van der Waals surface area contributed by atoms with E-state index in [1.807, 2.05) is 30.6 Å². The van der Waals surface area contributed by atoms with Gasteiger partial charge in [-0.15, -0.1) is 0 Å². The summed E-state index contributed by atoms with van der Waals surface area (Å²) in [4.78, 5) is 19.4. The zero-order chi connectivity index (χ0) is 24.1. The second kappa shape index (κ2) is 12.8. The SMILES string of the molecule is CCN(Cc1ncc[nH]1)c1ccccc1.c1ccc(CN(Cc2ncc[nH]2)c2ccccc2)cc1. The molecule has 0 aliphatic carbocycles. The number of rotatable bonds is 9. The Morgan fingerprint density at radius 2 is 1.03 bits per heavy atom. The number of nitrogens with one attached hydrogen (secondary N) is 2. The van der Waals surface area contributed by atoms with Crippen molar-refractivity contribution in [2.24, 2.45) is 0 Å². The third-order valence-corrected chi connectivity index (χ3v) is 5.63. The average molecular weight is 465 g/mol. The summed E-state index contributed by atoms with van der Waals surface area (Å²) in [5, 5.41) is 0. The van der Waals surface area contributed by atoms with Gasteiger partial charge in [0.2, 0.25) is 0 Å². The van der Waals surface area contributed by atoms with Gasteiger partial charge >= 0.3 is 0 Å². The van der Waals surface area contributed by atoms with E-state index in [0.29, 0.717) is 0 Å². The van der Waals surface area contributed by atoms with Crippen LogP contribution in [-0.4, -0.2) is 26.5 Å². The van der Waals surface area contributed by atoms with Crippen LogP contribution in [0.15, 0.2) is 116 Å². The lowest BCUT2D eigenvalue weighted by Gasteiger charge is -2.24. The summed E-state index contributed by atoms with van der Waals surface area (Å²) in [7, 11) is 0. The smallest absolute Gasteiger partial charge is 0.125 e. The van der Waals surface area contributed by atoms with E-state index in [2.05, 4.69) is 109 Å². The van der Waals surface area contributed by atoms with E-state index >= 15 is 0 Å². The highest BCUT2D eigenvalue weighted by atomic mass is 15.2. The minimum Gasteiger partial charge on any atom is -0.364 e. The van der Waals surface area contributed by atoms with Crippen LogP contribution >= 0.6 is 0 Å². The summed E-state index contributed by atoms with van der Waals surface area (Å²) in [5.74, 6) is 1.98. The fraction of sp³-hybridized carbons (Fsp3) is 0.172. The van der Waals surface area contributed by atoms with Gasteiger partial charge in [-0.2, -0.15) is 0 Å². The molecule has 0 saturated heterocycles. The van der Waals surface area contributed by atoms with Gasteiger partial charge in [0.1, 0.15) is 11.6 Å². The minimum atomic E-state index is 0.770. The van der Waals surface area contributed by atoms with Gasteiger partial charge in [-0.05, 0) is 36.8 Å². The molecule has 2 N–H and O–H groups in total. The number of para-hydroxylation sites is 2. The summed E-state index contributed by atoms with van der Waals surface area (Å²) in [6.45, 7) is 5.59. The van der Waals surface area contributed by atoms with Crippen molar-refractivity contribution in [2.45, 2.75) is 26.6 Å². The van der Waals surface area contributed by atoms with Crippen LogP contribution in [0.2, 0.25) is 0 Å². The number of imidazole rings is 2. The van der Waals surface area contributed by atoms with Gasteiger partial charge in [0, 0.05) is 49.3 Å². The highest BCUT2D eigenvalue weighted by molar-refractivity contribution is 5.47. The van der Waals surface area contributed by atoms with Crippen LogP contribution in [0, 0.1) is 0 Å². The molecule has 35 heavy (non-hydrogen) atoms. The van der Waals surface area contributed by atoms with Gasteiger partial charge in [0.15, 0.2) is 0 Å². The standard InChI is InChI=1S/C17H17N3.C12H15N3/c1-3-7-15(8-4-1)13-20(14-17-18-11-12-19-17)16-9-5-2-6-10-16;1-2-15(10-12-13-8-9-14-12)11-6-4-3-5-7-11/h1-12H,13-14H2,(H,18,19);3-9H,2,10H2,1H3,(H,13,14). The largest absolute Gasteiger partial charge is 0.364 e. The van der Waals surface area contributed by atoms with Crippen LogP contribution in [0.1, 0.15) is 24.1 Å². The number of H-pyrrole nitrogens is 2. The first kappa shape index (κ1) is 23.8. The Bertz CT molecular complexity index is 1190. The molecule has 6 heteroatoms. The molecule has 5 aromatic rings. The quantitative estimate of drug-likeness (QED) is 0.279. The number of nitrogens with zero attached hydrogens (tertiary/aromatic N) is 4. The third kappa shape index (κ3) is 7.33. The Morgan fingerprint density at radius 3 is 1.49 bits per heavy atom. The predicted octanol–water partition coefficient (Wildman–Crippen LogP) is 6.05. The van der Waals surface area contributed by atoms with E-state index < -0.39 is 0 Å². The van der Waals surface area contributed by atoms with Crippen molar-refractivity contribution in [1.82, 2.24) is 19.9 Å². The monoisotopic (exact) mass is 464 g/mol. The molecule has 0 atom stereocenters. The zero-order valence-corrected chi connectivity index (χ0v) is 20.1. The highest BCUT2D eigenvalue weighted by Gasteiger charge is 2.09. The first-order valence-electron chi connectivity index (χ1n) is 11.9. The summed E-state index contributed by atoms with van der Waals surface area (Å²) in [6.07, 6.45) is 7.30. The van der Waals surface area contributed by atoms with Crippen LogP contribution in [0.3, 0.4) is 0 Å². The average Bonchev–Trinajstić information content (AvgIpc) is 3.64. The van der Waals surface area contributed by atoms with Crippen molar-refractivity contribution < 1.29 is 0 Å². The molecule has 0 aliphatic heterocycles. The maximum Gasteiger partial charge on any atom is 0.125 e. The molecule has 5 rings (SSSR count). The molecule has 0 fully saturated rings. The predicted molar refractivity (Wildman–Crippen MR) is 143 cm³/mol. The number of hydrogen-bond acceptors (Lipinski definition) is 4. The molecule has 0 bridgehead atoms. The molecule has 3 aromatic carbocycles. The summed E-state index contributed by atoms with van der Waals surface area (Å²) in [5.41, 5.74) is 3.73. The van der Waals surface area contributed by atoms with Crippen LogP contribution in [-0.2, 0) is 19.6 Å². The Labute approximate surface area is 207 Å². The Kier molecular flexibility index (Phi) is 8.71. The van der Waals surface area contributed by atoms with Gasteiger partial charge in [0.25, 0.3) is 0 Å². The number of benzene rings is 3. The molecule has 0 unspecified atom stereocenters. The van der Waals surface area contributed by atoms with Crippen LogP contribution in [0.25, 0.3) is 0 Å². The zero-order valence-electron chi connectivity index (χ0n) is 20.1. The van der Waals surface area contributed by atoms with Gasteiger partial charge in [0.05, 0.1) is 13.1 Å². The molecular formula is C29H32N6. The lowest BCUT2D eigenvalue weighted by atomic mass is 10.2. The summed E-state index contributed by atoms with van der Waals surface area (Å²) >= 11 is 0. The number of aromatic amines is 2. The van der Waals surface area contributed by atoms with Crippen LogP contribution in [0.5, 0.6) is 0 Å². The topological polar surface area (TPSA) is 63.8 Å². The Balaban J connectivity index is 0.000000172. The Hall–Kier alpha value is -4.32. The molecule has 2 aromatic heterocycles. The first-order chi connectivity index (χ1) is 17.3. The van der Waals surface area contributed by atoms with E-state index in [0.717, 1.165) is 37.8 Å². The molecule has 0 amide bonds. The second-order valence-electron chi connectivity index (χ2n) is 8.10. The molecule has 2 heterocycles. The molecule has 0 saturated carbocycles. The Morgan fingerprint density at radius 1 is 0.571 bits per heavy atom. The van der Waals surface area contributed by atoms with Gasteiger partial charge in [-0.25, -0.2) is 9.97 Å². The summed E-state index contributed by atoms with van der Waals surface area (Å²) in [6, 6.07) is 31.3. The van der Waals surface area contributed by atoms with Crippen molar-refractivity contribution in [3.8, 4) is 0 Å². The number of aromatic nitrogens is 4. The first-order valence-corrected chi connectivity index (χ1v) is 11.9. The van der Waals surface area contributed by atoms with Crippen molar-refractivity contribution in [2.75, 3.05) is 16.3 Å². The van der Waals surface area contributed by atoms with E-state index in [1.165, 1.54) is 16.9 Å². The molecule has 0 aliphatic rings. The minimum absolute atomic E-state index is 0.770. The molecular weight excluding hydrogens is 432 g/mol. The molecule has 0 spiro atoms. The van der Waals surface area contributed by atoms with Crippen molar-refractivity contribution in [3.63, 3.8) is 0 Å². The lowest BCUT2D eigenvalue weighted by Crippen LogP contribution is -2.22.